The van der Waals surface area contributed by atoms with Gasteiger partial charge in [-0.05, 0) is 116 Å². The number of nitrogens with one attached hydrogen (secondary N) is 3. The number of nitrogens with zero attached hydrogens (tertiary/aromatic N) is 2. The lowest BCUT2D eigenvalue weighted by molar-refractivity contribution is 0.0362. The van der Waals surface area contributed by atoms with E-state index in [0.29, 0.717) is 59.8 Å². The van der Waals surface area contributed by atoms with Gasteiger partial charge in [0, 0.05) is 25.7 Å². The second-order valence-electron chi connectivity index (χ2n) is 14.9. The molecule has 0 saturated carbocycles. The summed E-state index contributed by atoms with van der Waals surface area (Å²) in [6.45, 7) is 13.5. The summed E-state index contributed by atoms with van der Waals surface area (Å²) < 4.78 is 28.1. The van der Waals surface area contributed by atoms with Crippen LogP contribution in [-0.2, 0) is 9.47 Å². The Morgan fingerprint density at radius 2 is 1.46 bits per heavy atom. The first-order chi connectivity index (χ1) is 26.3. The maximum absolute atomic E-state index is 13.8. The van der Waals surface area contributed by atoms with Crippen LogP contribution in [0.2, 0.25) is 0 Å². The van der Waals surface area contributed by atoms with E-state index in [1.807, 2.05) is 19.1 Å². The molecule has 0 aliphatic rings. The molecule has 0 aliphatic carbocycles. The molecule has 5 N–H and O–H groups in total. The van der Waals surface area contributed by atoms with E-state index in [1.54, 1.807) is 97.1 Å². The molecule has 0 aliphatic heterocycles. The molecule has 0 fully saturated rings. The Kier molecular flexibility index (Phi) is 15.9. The Morgan fingerprint density at radius 3 is 2.12 bits per heavy atom. The standard InChI is InChI=1S/C41H56N6O9/c1-27-17-20-31(34(25-27)54-23-13-12-22-47(37(42)43)39(51)56-41(5,6)7)46(8)36(49)28-18-19-30(33(26-28)52-9)45-35(48)29-15-10-11-16-32(29)53-24-14-21-44-38(50)55-40(2,3)4/h10-11,15-20,25-26H,12-14,21-24H2,1-9H3,(H3,42,43)(H,44,50)(H,45,48). The van der Waals surface area contributed by atoms with E-state index >= 15 is 0 Å². The molecular formula is C41H56N6O9. The van der Waals surface area contributed by atoms with Crippen LogP contribution >= 0.6 is 0 Å². The van der Waals surface area contributed by atoms with Crippen molar-refractivity contribution in [3.05, 3.63) is 77.4 Å². The number of carbonyl (C=O) groups excluding carboxylic acids is 4. The number of rotatable bonds is 16. The molecule has 3 aromatic carbocycles. The second-order valence-corrected chi connectivity index (χ2v) is 14.9. The van der Waals surface area contributed by atoms with E-state index in [-0.39, 0.29) is 31.4 Å². The Labute approximate surface area is 329 Å². The Balaban J connectivity index is 1.63. The van der Waals surface area contributed by atoms with E-state index in [4.69, 9.17) is 34.8 Å². The number of unbranched alkanes of at least 4 members (excludes halogenated alkanes) is 1. The Bertz CT molecular complexity index is 1850. The number of nitrogens with two attached hydrogens (primary N) is 1. The van der Waals surface area contributed by atoms with Crippen LogP contribution in [0, 0.1) is 12.3 Å². The number of alkyl carbamates (subject to hydrolysis) is 1. The summed E-state index contributed by atoms with van der Waals surface area (Å²) in [5, 5.41) is 13.3. The number of amides is 4. The summed E-state index contributed by atoms with van der Waals surface area (Å²) in [6.07, 6.45) is 0.313. The first-order valence-electron chi connectivity index (χ1n) is 18.3. The van der Waals surface area contributed by atoms with Gasteiger partial charge in [0.05, 0.1) is 37.3 Å². The van der Waals surface area contributed by atoms with Crippen LogP contribution in [-0.4, -0.2) is 86.5 Å². The number of aryl methyl sites for hydroxylation is 1. The van der Waals surface area contributed by atoms with Gasteiger partial charge in [-0.2, -0.15) is 0 Å². The molecule has 3 rings (SSSR count). The molecule has 0 bridgehead atoms. The molecule has 304 valence electrons. The van der Waals surface area contributed by atoms with Gasteiger partial charge in [-0.25, -0.2) is 14.5 Å². The Morgan fingerprint density at radius 1 is 0.804 bits per heavy atom. The average molecular weight is 777 g/mol. The minimum Gasteiger partial charge on any atom is -0.495 e. The van der Waals surface area contributed by atoms with Gasteiger partial charge in [-0.1, -0.05) is 18.2 Å². The highest BCUT2D eigenvalue weighted by molar-refractivity contribution is 6.09. The molecule has 56 heavy (non-hydrogen) atoms. The van der Waals surface area contributed by atoms with Gasteiger partial charge in [0.25, 0.3) is 11.8 Å². The van der Waals surface area contributed by atoms with Crippen molar-refractivity contribution in [3.8, 4) is 17.2 Å². The number of benzene rings is 3. The van der Waals surface area contributed by atoms with Gasteiger partial charge >= 0.3 is 12.2 Å². The first-order valence-corrected chi connectivity index (χ1v) is 18.3. The minimum absolute atomic E-state index is 0.182. The molecule has 4 amide bonds. The van der Waals surface area contributed by atoms with Crippen molar-refractivity contribution in [2.24, 2.45) is 5.73 Å². The summed E-state index contributed by atoms with van der Waals surface area (Å²) in [5.41, 5.74) is 6.72. The fourth-order valence-corrected chi connectivity index (χ4v) is 5.15. The quantitative estimate of drug-likeness (QED) is 0.0661. The van der Waals surface area contributed by atoms with Crippen molar-refractivity contribution in [2.45, 2.75) is 78.9 Å². The van der Waals surface area contributed by atoms with E-state index < -0.39 is 35.3 Å². The molecule has 0 unspecified atom stereocenters. The Hall–Kier alpha value is -5.99. The summed E-state index contributed by atoms with van der Waals surface area (Å²) in [4.78, 5) is 54.1. The van der Waals surface area contributed by atoms with Crippen molar-refractivity contribution in [1.82, 2.24) is 10.2 Å². The van der Waals surface area contributed by atoms with Gasteiger partial charge < -0.3 is 45.0 Å². The number of carbonyl (C=O) groups is 4. The van der Waals surface area contributed by atoms with Crippen LogP contribution in [0.4, 0.5) is 21.0 Å². The fourth-order valence-electron chi connectivity index (χ4n) is 5.15. The van der Waals surface area contributed by atoms with Gasteiger partial charge in [0.15, 0.2) is 5.96 Å². The van der Waals surface area contributed by atoms with Gasteiger partial charge in [-0.15, -0.1) is 0 Å². The molecule has 15 heteroatoms. The van der Waals surface area contributed by atoms with Crippen LogP contribution in [0.1, 0.15) is 87.1 Å². The van der Waals surface area contributed by atoms with E-state index in [1.165, 1.54) is 12.0 Å². The zero-order valence-electron chi connectivity index (χ0n) is 33.9. The highest BCUT2D eigenvalue weighted by Crippen LogP contribution is 2.32. The number of hydrogen-bond donors (Lipinski definition) is 4. The fraction of sp³-hybridized carbons (Fsp3) is 0.439. The zero-order valence-corrected chi connectivity index (χ0v) is 33.9. The number of para-hydroxylation sites is 1. The topological polar surface area (TPSA) is 195 Å². The lowest BCUT2D eigenvalue weighted by Gasteiger charge is -2.26. The number of ether oxygens (including phenoxy) is 5. The van der Waals surface area contributed by atoms with Crippen LogP contribution < -0.4 is 35.5 Å². The third-order valence-corrected chi connectivity index (χ3v) is 7.79. The summed E-state index contributed by atoms with van der Waals surface area (Å²) in [7, 11) is 3.08. The third kappa shape index (κ3) is 14.0. The van der Waals surface area contributed by atoms with E-state index in [0.717, 1.165) is 10.5 Å². The first kappa shape index (κ1) is 44.4. The molecule has 0 spiro atoms. The van der Waals surface area contributed by atoms with E-state index in [2.05, 4.69) is 10.6 Å². The summed E-state index contributed by atoms with van der Waals surface area (Å²) in [6, 6.07) is 17.0. The van der Waals surface area contributed by atoms with Gasteiger partial charge in [0.2, 0.25) is 0 Å². The molecule has 0 saturated heterocycles. The molecular weight excluding hydrogens is 720 g/mol. The van der Waals surface area contributed by atoms with Gasteiger partial charge in [0.1, 0.15) is 28.5 Å². The van der Waals surface area contributed by atoms with Crippen molar-refractivity contribution in [1.29, 1.82) is 5.41 Å². The molecule has 3 aromatic rings. The monoisotopic (exact) mass is 776 g/mol. The lowest BCUT2D eigenvalue weighted by atomic mass is 10.1. The molecule has 0 radical (unpaired) electrons. The highest BCUT2D eigenvalue weighted by atomic mass is 16.6. The number of hydrogen-bond acceptors (Lipinski definition) is 10. The van der Waals surface area contributed by atoms with Crippen LogP contribution in [0.15, 0.2) is 60.7 Å². The molecule has 0 heterocycles. The molecule has 0 aromatic heterocycles. The van der Waals surface area contributed by atoms with Crippen molar-refractivity contribution in [3.63, 3.8) is 0 Å². The summed E-state index contributed by atoms with van der Waals surface area (Å²) >= 11 is 0. The van der Waals surface area contributed by atoms with Crippen molar-refractivity contribution >= 4 is 41.3 Å². The lowest BCUT2D eigenvalue weighted by Crippen LogP contribution is -2.44. The second kappa shape index (κ2) is 20.1. The maximum Gasteiger partial charge on any atom is 0.417 e. The van der Waals surface area contributed by atoms with Crippen molar-refractivity contribution < 1.29 is 42.9 Å². The van der Waals surface area contributed by atoms with Crippen LogP contribution in [0.5, 0.6) is 17.2 Å². The SMILES string of the molecule is COc1cc(C(=O)N(C)c2ccc(C)cc2OCCCCN(C(=N)N)C(=O)OC(C)(C)C)ccc1NC(=O)c1ccccc1OCCCNC(=O)OC(C)(C)C. The van der Waals surface area contributed by atoms with E-state index in [9.17, 15) is 19.2 Å². The van der Waals surface area contributed by atoms with Crippen LogP contribution in [0.25, 0.3) is 0 Å². The highest BCUT2D eigenvalue weighted by Gasteiger charge is 2.24. The summed E-state index contributed by atoms with van der Waals surface area (Å²) in [5.74, 6) is -0.0536. The predicted molar refractivity (Wildman–Crippen MR) is 215 cm³/mol. The minimum atomic E-state index is -0.724. The van der Waals surface area contributed by atoms with Gasteiger partial charge in [-0.3, -0.25) is 15.0 Å². The number of anilines is 2. The zero-order chi connectivity index (χ0) is 41.6. The average Bonchev–Trinajstić information content (AvgIpc) is 3.11. The van der Waals surface area contributed by atoms with Crippen molar-refractivity contribution in [2.75, 3.05) is 50.7 Å². The number of methoxy groups -OCH3 is 1. The predicted octanol–water partition coefficient (Wildman–Crippen LogP) is 7.12. The van der Waals surface area contributed by atoms with Crippen LogP contribution in [0.3, 0.4) is 0 Å². The third-order valence-electron chi connectivity index (χ3n) is 7.79. The maximum atomic E-state index is 13.8. The molecule has 15 nitrogen and oxygen atoms in total. The number of guanidine groups is 1. The largest absolute Gasteiger partial charge is 0.495 e. The molecule has 0 atom stereocenters. The smallest absolute Gasteiger partial charge is 0.417 e. The normalized spacial score (nSPS) is 11.2.